The zero-order valence-corrected chi connectivity index (χ0v) is 11.7. The van der Waals surface area contributed by atoms with Gasteiger partial charge in [0.15, 0.2) is 0 Å². The van der Waals surface area contributed by atoms with Crippen LogP contribution in [0.2, 0.25) is 5.02 Å². The van der Waals surface area contributed by atoms with Crippen molar-refractivity contribution in [2.45, 2.75) is 19.4 Å². The van der Waals surface area contributed by atoms with Crippen LogP contribution in [0.25, 0.3) is 0 Å². The Morgan fingerprint density at radius 3 is 2.95 bits per heavy atom. The molecule has 0 spiro atoms. The second kappa shape index (κ2) is 6.54. The van der Waals surface area contributed by atoms with E-state index in [2.05, 4.69) is 27.4 Å². The normalized spacial score (nSPS) is 12.4. The first-order valence-electron chi connectivity index (χ1n) is 6.18. The van der Waals surface area contributed by atoms with Crippen molar-refractivity contribution in [3.63, 3.8) is 0 Å². The van der Waals surface area contributed by atoms with Gasteiger partial charge in [-0.3, -0.25) is 5.10 Å². The van der Waals surface area contributed by atoms with Crippen molar-refractivity contribution >= 4 is 11.6 Å². The Hall–Kier alpha value is -1.59. The predicted octanol–water partition coefficient (Wildman–Crippen LogP) is 2.56. The summed E-state index contributed by atoms with van der Waals surface area (Å²) in [5.41, 5.74) is 1.03. The summed E-state index contributed by atoms with van der Waals surface area (Å²) in [5.74, 6) is 1.43. The molecule has 2 rings (SSSR count). The van der Waals surface area contributed by atoms with E-state index in [1.54, 1.807) is 7.11 Å². The first-order chi connectivity index (χ1) is 9.26. The molecule has 2 aromatic rings. The molecule has 0 saturated carbocycles. The number of halogens is 1. The minimum atomic E-state index is -0.0476. The fraction of sp³-hybridized carbons (Fsp3) is 0.385. The third-order valence-electron chi connectivity index (χ3n) is 2.81. The summed E-state index contributed by atoms with van der Waals surface area (Å²) in [6.45, 7) is 3.00. The van der Waals surface area contributed by atoms with Gasteiger partial charge in [-0.2, -0.15) is 5.10 Å². The highest BCUT2D eigenvalue weighted by molar-refractivity contribution is 6.32. The Bertz CT molecular complexity index is 515. The van der Waals surface area contributed by atoms with E-state index in [1.165, 1.54) is 6.33 Å². The molecule has 0 bridgehead atoms. The van der Waals surface area contributed by atoms with Crippen LogP contribution in [0.4, 0.5) is 0 Å². The van der Waals surface area contributed by atoms with Crippen molar-refractivity contribution in [2.24, 2.45) is 0 Å². The molecule has 5 nitrogen and oxygen atoms in total. The van der Waals surface area contributed by atoms with Crippen LogP contribution in [-0.2, 0) is 0 Å². The Morgan fingerprint density at radius 2 is 2.32 bits per heavy atom. The summed E-state index contributed by atoms with van der Waals surface area (Å²) in [6, 6.07) is 5.65. The van der Waals surface area contributed by atoms with E-state index in [9.17, 15) is 0 Å². The summed E-state index contributed by atoms with van der Waals surface area (Å²) in [5, 5.41) is 10.8. The molecule has 1 heterocycles. The molecule has 19 heavy (non-hydrogen) atoms. The van der Waals surface area contributed by atoms with E-state index < -0.39 is 0 Å². The smallest absolute Gasteiger partial charge is 0.145 e. The topological polar surface area (TPSA) is 62.8 Å². The first kappa shape index (κ1) is 13.8. The second-order valence-electron chi connectivity index (χ2n) is 4.15. The Balaban J connectivity index is 2.32. The number of aromatic nitrogens is 3. The van der Waals surface area contributed by atoms with Crippen molar-refractivity contribution in [3.8, 4) is 5.75 Å². The first-order valence-corrected chi connectivity index (χ1v) is 6.56. The maximum Gasteiger partial charge on any atom is 0.145 e. The van der Waals surface area contributed by atoms with Crippen molar-refractivity contribution in [1.82, 2.24) is 20.5 Å². The van der Waals surface area contributed by atoms with Crippen LogP contribution in [0.3, 0.4) is 0 Å². The minimum Gasteiger partial charge on any atom is -0.495 e. The number of methoxy groups -OCH3 is 1. The van der Waals surface area contributed by atoms with Gasteiger partial charge in [-0.05, 0) is 30.7 Å². The molecule has 0 aliphatic heterocycles. The molecule has 0 saturated heterocycles. The molecule has 2 N–H and O–H groups in total. The maximum atomic E-state index is 6.05. The van der Waals surface area contributed by atoms with E-state index in [0.717, 1.165) is 24.4 Å². The highest BCUT2D eigenvalue weighted by atomic mass is 35.5. The summed E-state index contributed by atoms with van der Waals surface area (Å²) in [4.78, 5) is 4.22. The van der Waals surface area contributed by atoms with E-state index in [1.807, 2.05) is 18.2 Å². The van der Waals surface area contributed by atoms with Crippen LogP contribution in [-0.4, -0.2) is 28.8 Å². The fourth-order valence-electron chi connectivity index (χ4n) is 1.87. The van der Waals surface area contributed by atoms with Crippen molar-refractivity contribution in [3.05, 3.63) is 40.9 Å². The Kier molecular flexibility index (Phi) is 4.76. The molecule has 0 fully saturated rings. The summed E-state index contributed by atoms with van der Waals surface area (Å²) in [7, 11) is 1.61. The van der Waals surface area contributed by atoms with Crippen LogP contribution in [0, 0.1) is 0 Å². The number of nitrogens with one attached hydrogen (secondary N) is 2. The van der Waals surface area contributed by atoms with Crippen molar-refractivity contribution in [1.29, 1.82) is 0 Å². The van der Waals surface area contributed by atoms with Crippen LogP contribution in [0.15, 0.2) is 24.5 Å². The highest BCUT2D eigenvalue weighted by Crippen LogP contribution is 2.29. The van der Waals surface area contributed by atoms with Crippen LogP contribution in [0.1, 0.15) is 30.8 Å². The van der Waals surface area contributed by atoms with Gasteiger partial charge < -0.3 is 10.1 Å². The quantitative estimate of drug-likeness (QED) is 0.854. The third-order valence-corrected chi connectivity index (χ3v) is 3.13. The van der Waals surface area contributed by atoms with E-state index in [4.69, 9.17) is 16.3 Å². The third kappa shape index (κ3) is 3.24. The van der Waals surface area contributed by atoms with Gasteiger partial charge in [0.25, 0.3) is 0 Å². The van der Waals surface area contributed by atoms with Crippen LogP contribution in [0.5, 0.6) is 5.75 Å². The molecule has 6 heteroatoms. The number of rotatable bonds is 6. The van der Waals surface area contributed by atoms with Gasteiger partial charge in [0.05, 0.1) is 18.2 Å². The largest absolute Gasteiger partial charge is 0.495 e. The summed E-state index contributed by atoms with van der Waals surface area (Å²) < 4.78 is 5.25. The SMILES string of the molecule is CCCNC(c1ccc(Cl)c(OC)c1)c1ncn[nH]1. The molecule has 1 aromatic heterocycles. The van der Waals surface area contributed by atoms with Gasteiger partial charge >= 0.3 is 0 Å². The van der Waals surface area contributed by atoms with Gasteiger partial charge in [-0.1, -0.05) is 24.6 Å². The fourth-order valence-corrected chi connectivity index (χ4v) is 2.07. The van der Waals surface area contributed by atoms with Gasteiger partial charge in [0, 0.05) is 0 Å². The molecular weight excluding hydrogens is 264 g/mol. The van der Waals surface area contributed by atoms with E-state index in [0.29, 0.717) is 10.8 Å². The average molecular weight is 281 g/mol. The lowest BCUT2D eigenvalue weighted by Crippen LogP contribution is -2.24. The van der Waals surface area contributed by atoms with Crippen molar-refractivity contribution in [2.75, 3.05) is 13.7 Å². The average Bonchev–Trinajstić information content (AvgIpc) is 2.95. The molecular formula is C13H17ClN4O. The number of nitrogens with zero attached hydrogens (tertiary/aromatic N) is 2. The molecule has 0 amide bonds. The lowest BCUT2D eigenvalue weighted by atomic mass is 10.1. The number of H-pyrrole nitrogens is 1. The molecule has 1 unspecified atom stereocenters. The lowest BCUT2D eigenvalue weighted by molar-refractivity contribution is 0.413. The summed E-state index contributed by atoms with van der Waals surface area (Å²) >= 11 is 6.05. The number of benzene rings is 1. The number of hydrogen-bond donors (Lipinski definition) is 2. The lowest BCUT2D eigenvalue weighted by Gasteiger charge is -2.17. The van der Waals surface area contributed by atoms with Gasteiger partial charge in [0.2, 0.25) is 0 Å². The number of hydrogen-bond acceptors (Lipinski definition) is 4. The number of aromatic amines is 1. The number of ether oxygens (including phenoxy) is 1. The Labute approximate surface area is 117 Å². The van der Waals surface area contributed by atoms with Crippen LogP contribution >= 0.6 is 11.6 Å². The minimum absolute atomic E-state index is 0.0476. The standard InChI is InChI=1S/C13H17ClN4O/c1-3-6-15-12(13-16-8-17-18-13)9-4-5-10(14)11(7-9)19-2/h4-5,7-8,12,15H,3,6H2,1-2H3,(H,16,17,18). The van der Waals surface area contributed by atoms with E-state index >= 15 is 0 Å². The summed E-state index contributed by atoms with van der Waals surface area (Å²) in [6.07, 6.45) is 2.54. The molecule has 1 atom stereocenters. The molecule has 0 aliphatic rings. The van der Waals surface area contributed by atoms with Gasteiger partial charge in [-0.15, -0.1) is 0 Å². The second-order valence-corrected chi connectivity index (χ2v) is 4.56. The highest BCUT2D eigenvalue weighted by Gasteiger charge is 2.17. The van der Waals surface area contributed by atoms with Gasteiger partial charge in [-0.25, -0.2) is 4.98 Å². The van der Waals surface area contributed by atoms with Crippen molar-refractivity contribution < 1.29 is 4.74 Å². The van der Waals surface area contributed by atoms with Gasteiger partial charge in [0.1, 0.15) is 17.9 Å². The predicted molar refractivity (Wildman–Crippen MR) is 74.5 cm³/mol. The maximum absolute atomic E-state index is 6.05. The zero-order valence-electron chi connectivity index (χ0n) is 11.0. The van der Waals surface area contributed by atoms with Crippen LogP contribution < -0.4 is 10.1 Å². The zero-order chi connectivity index (χ0) is 13.7. The monoisotopic (exact) mass is 280 g/mol. The molecule has 0 aliphatic carbocycles. The van der Waals surface area contributed by atoms with E-state index in [-0.39, 0.29) is 6.04 Å². The molecule has 1 aromatic carbocycles. The molecule has 0 radical (unpaired) electrons. The molecule has 102 valence electrons. The Morgan fingerprint density at radius 1 is 1.47 bits per heavy atom.